The van der Waals surface area contributed by atoms with Crippen LogP contribution >= 0.6 is 0 Å². The number of hydrogen-bond acceptors (Lipinski definition) is 16. The van der Waals surface area contributed by atoms with E-state index >= 15 is 0 Å². The molecule has 0 saturated heterocycles. The van der Waals surface area contributed by atoms with Crippen molar-refractivity contribution in [1.29, 1.82) is 0 Å². The number of carbonyl (C=O) groups excluding carboxylic acids is 2. The molecule has 0 radical (unpaired) electrons. The first kappa shape index (κ1) is 56.8. The molecule has 0 atom stereocenters. The molecule has 2 amide bonds. The standard InChI is InChI=1S/C48H78N2O16/c1-48(2,3)66-47(52)50(4)15-17-54-19-21-56-23-25-58-27-29-60-31-33-62-35-37-64-39-38-63-36-34-61-32-30-59-28-26-57-24-22-55-20-18-53-16-9-14-49-46(51)65-40-45-43-12-7-5-10-41(43)42-11-6-8-13-44(42)45/h5-8,10-13,45H,9,14-40H2,1-4H3,(H,49,51). The molecule has 1 aliphatic rings. The van der Waals surface area contributed by atoms with Crippen LogP contribution in [0.25, 0.3) is 11.1 Å². The highest BCUT2D eigenvalue weighted by Gasteiger charge is 2.29. The van der Waals surface area contributed by atoms with E-state index in [4.69, 9.17) is 66.3 Å². The fourth-order valence-corrected chi connectivity index (χ4v) is 6.17. The molecule has 2 aromatic rings. The van der Waals surface area contributed by atoms with E-state index in [-0.39, 0.29) is 12.0 Å². The number of carbonyl (C=O) groups is 2. The SMILES string of the molecule is CN(CCOCCOCCOCCOCCOCCOCCOCCOCCOCCOCCOCCOCCCNC(=O)OCC1c2ccccc2-c2ccccc21)C(=O)OC(C)(C)C. The van der Waals surface area contributed by atoms with Crippen molar-refractivity contribution in [2.24, 2.45) is 0 Å². The second-order valence-corrected chi connectivity index (χ2v) is 15.9. The summed E-state index contributed by atoms with van der Waals surface area (Å²) in [6.45, 7) is 18.1. The summed E-state index contributed by atoms with van der Waals surface area (Å²) in [4.78, 5) is 25.7. The van der Waals surface area contributed by atoms with Crippen molar-refractivity contribution in [2.45, 2.75) is 38.7 Å². The number of benzene rings is 2. The molecule has 3 rings (SSSR count). The van der Waals surface area contributed by atoms with Gasteiger partial charge in [0.2, 0.25) is 0 Å². The lowest BCUT2D eigenvalue weighted by atomic mass is 9.98. The molecule has 0 aromatic heterocycles. The highest BCUT2D eigenvalue weighted by molar-refractivity contribution is 5.79. The minimum absolute atomic E-state index is 0.0438. The molecule has 0 heterocycles. The van der Waals surface area contributed by atoms with Gasteiger partial charge in [-0.25, -0.2) is 9.59 Å². The average Bonchev–Trinajstić information content (AvgIpc) is 3.62. The monoisotopic (exact) mass is 939 g/mol. The van der Waals surface area contributed by atoms with Crippen LogP contribution in [-0.2, 0) is 66.3 Å². The smallest absolute Gasteiger partial charge is 0.410 e. The summed E-state index contributed by atoms with van der Waals surface area (Å²) in [5.74, 6) is 0.0438. The molecule has 376 valence electrons. The maximum Gasteiger partial charge on any atom is 0.410 e. The number of alkyl carbamates (subject to hydrolysis) is 1. The van der Waals surface area contributed by atoms with E-state index in [1.54, 1.807) is 7.05 Å². The molecular weight excluding hydrogens is 861 g/mol. The molecule has 0 aliphatic heterocycles. The Morgan fingerprint density at radius 3 is 1.15 bits per heavy atom. The Morgan fingerprint density at radius 1 is 0.485 bits per heavy atom. The van der Waals surface area contributed by atoms with E-state index in [1.165, 1.54) is 27.2 Å². The number of rotatable bonds is 42. The maximum atomic E-state index is 12.3. The molecule has 1 aliphatic carbocycles. The first-order chi connectivity index (χ1) is 32.3. The summed E-state index contributed by atoms with van der Waals surface area (Å²) in [5.41, 5.74) is 4.28. The lowest BCUT2D eigenvalue weighted by molar-refractivity contribution is -0.0285. The van der Waals surface area contributed by atoms with Crippen LogP contribution in [0.15, 0.2) is 48.5 Å². The summed E-state index contributed by atoms with van der Waals surface area (Å²) in [6.07, 6.45) is -0.110. The lowest BCUT2D eigenvalue weighted by Gasteiger charge is -2.24. The predicted octanol–water partition coefficient (Wildman–Crippen LogP) is 4.98. The quantitative estimate of drug-likeness (QED) is 0.0881. The number of nitrogens with zero attached hydrogens (tertiary/aromatic N) is 1. The van der Waals surface area contributed by atoms with Gasteiger partial charge in [-0.05, 0) is 49.4 Å². The van der Waals surface area contributed by atoms with Crippen molar-refractivity contribution in [3.8, 4) is 11.1 Å². The van der Waals surface area contributed by atoms with Crippen LogP contribution in [0, 0.1) is 0 Å². The Hall–Kier alpha value is -3.50. The average molecular weight is 939 g/mol. The zero-order valence-electron chi connectivity index (χ0n) is 40.0. The summed E-state index contributed by atoms with van der Waals surface area (Å²) >= 11 is 0. The summed E-state index contributed by atoms with van der Waals surface area (Å²) in [6, 6.07) is 16.6. The molecule has 0 spiro atoms. The predicted molar refractivity (Wildman–Crippen MR) is 246 cm³/mol. The van der Waals surface area contributed by atoms with Crippen LogP contribution in [0.1, 0.15) is 44.2 Å². The Balaban J connectivity index is 0.913. The van der Waals surface area contributed by atoms with Gasteiger partial charge in [0.15, 0.2) is 0 Å². The molecular formula is C48H78N2O16. The third-order valence-electron chi connectivity index (χ3n) is 9.45. The van der Waals surface area contributed by atoms with Gasteiger partial charge in [-0.15, -0.1) is 0 Å². The van der Waals surface area contributed by atoms with Gasteiger partial charge in [-0.2, -0.15) is 0 Å². The minimum Gasteiger partial charge on any atom is -0.449 e. The van der Waals surface area contributed by atoms with Gasteiger partial charge in [-0.3, -0.25) is 0 Å². The van der Waals surface area contributed by atoms with Gasteiger partial charge < -0.3 is 76.5 Å². The van der Waals surface area contributed by atoms with Crippen molar-refractivity contribution < 1.29 is 75.9 Å². The van der Waals surface area contributed by atoms with Gasteiger partial charge >= 0.3 is 12.2 Å². The van der Waals surface area contributed by atoms with Gasteiger partial charge in [-0.1, -0.05) is 48.5 Å². The summed E-state index contributed by atoms with van der Waals surface area (Å²) in [5, 5.41) is 2.81. The number of fused-ring (bicyclic) bond motifs is 3. The van der Waals surface area contributed by atoms with Crippen molar-refractivity contribution in [1.82, 2.24) is 10.2 Å². The third kappa shape index (κ3) is 28.0. The lowest BCUT2D eigenvalue weighted by Crippen LogP contribution is -2.36. The van der Waals surface area contributed by atoms with Crippen LogP contribution < -0.4 is 5.32 Å². The fraction of sp³-hybridized carbons (Fsp3) is 0.708. The number of hydrogen-bond donors (Lipinski definition) is 1. The second kappa shape index (κ2) is 37.5. The van der Waals surface area contributed by atoms with Crippen LogP contribution in [0.5, 0.6) is 0 Å². The van der Waals surface area contributed by atoms with Gasteiger partial charge in [0, 0.05) is 32.7 Å². The van der Waals surface area contributed by atoms with E-state index in [9.17, 15) is 9.59 Å². The van der Waals surface area contributed by atoms with Crippen LogP contribution in [0.2, 0.25) is 0 Å². The third-order valence-corrected chi connectivity index (χ3v) is 9.45. The summed E-state index contributed by atoms with van der Waals surface area (Å²) in [7, 11) is 1.68. The van der Waals surface area contributed by atoms with Gasteiger partial charge in [0.05, 0.1) is 152 Å². The first-order valence-electron chi connectivity index (χ1n) is 23.2. The Morgan fingerprint density at radius 2 is 0.803 bits per heavy atom. The highest BCUT2D eigenvalue weighted by atomic mass is 16.6. The number of ether oxygens (including phenoxy) is 14. The molecule has 0 saturated carbocycles. The van der Waals surface area contributed by atoms with E-state index in [0.29, 0.717) is 185 Å². The Bertz CT molecular complexity index is 1470. The number of amides is 2. The Labute approximate surface area is 392 Å². The number of nitrogens with one attached hydrogen (secondary N) is 1. The van der Waals surface area contributed by atoms with Crippen molar-refractivity contribution in [3.05, 3.63) is 59.7 Å². The Kier molecular flexibility index (Phi) is 32.3. The van der Waals surface area contributed by atoms with Crippen molar-refractivity contribution in [2.75, 3.05) is 185 Å². The molecule has 18 heteroatoms. The molecule has 0 bridgehead atoms. The van der Waals surface area contributed by atoms with E-state index in [1.807, 2.05) is 45.0 Å². The van der Waals surface area contributed by atoms with E-state index < -0.39 is 11.7 Å². The molecule has 0 unspecified atom stereocenters. The van der Waals surface area contributed by atoms with Gasteiger partial charge in [0.25, 0.3) is 0 Å². The molecule has 0 fully saturated rings. The number of likely N-dealkylation sites (N-methyl/N-ethyl adjacent to an activating group) is 1. The highest BCUT2D eigenvalue weighted by Crippen LogP contribution is 2.44. The maximum absolute atomic E-state index is 12.3. The largest absolute Gasteiger partial charge is 0.449 e. The van der Waals surface area contributed by atoms with Crippen LogP contribution in [0.3, 0.4) is 0 Å². The van der Waals surface area contributed by atoms with Crippen LogP contribution in [0.4, 0.5) is 9.59 Å². The van der Waals surface area contributed by atoms with Crippen LogP contribution in [-0.4, -0.2) is 208 Å². The van der Waals surface area contributed by atoms with Crippen molar-refractivity contribution >= 4 is 12.2 Å². The molecule has 1 N–H and O–H groups in total. The van der Waals surface area contributed by atoms with Gasteiger partial charge in [0.1, 0.15) is 12.2 Å². The summed E-state index contributed by atoms with van der Waals surface area (Å²) < 4.78 is 77.1. The molecule has 2 aromatic carbocycles. The second-order valence-electron chi connectivity index (χ2n) is 15.9. The normalized spacial score (nSPS) is 12.3. The van der Waals surface area contributed by atoms with Crippen molar-refractivity contribution in [3.63, 3.8) is 0 Å². The zero-order chi connectivity index (χ0) is 47.2. The molecule has 66 heavy (non-hydrogen) atoms. The fourth-order valence-electron chi connectivity index (χ4n) is 6.17. The van der Waals surface area contributed by atoms with E-state index in [2.05, 4.69) is 29.6 Å². The van der Waals surface area contributed by atoms with E-state index in [0.717, 1.165) is 0 Å². The topological polar surface area (TPSA) is 179 Å². The minimum atomic E-state index is -0.517. The molecule has 18 nitrogen and oxygen atoms in total. The first-order valence-corrected chi connectivity index (χ1v) is 23.2. The zero-order valence-corrected chi connectivity index (χ0v) is 40.0.